The minimum atomic E-state index is -0.514. The summed E-state index contributed by atoms with van der Waals surface area (Å²) in [6, 6.07) is 0. The van der Waals surface area contributed by atoms with E-state index in [2.05, 4.69) is 40.5 Å². The summed E-state index contributed by atoms with van der Waals surface area (Å²) in [6.07, 6.45) is 5.29. The van der Waals surface area contributed by atoms with E-state index in [-0.39, 0.29) is 90.1 Å². The molecule has 4 rings (SSSR count). The third-order valence-electron chi connectivity index (χ3n) is 12.4. The zero-order chi connectivity index (χ0) is 34.8. The molecule has 0 unspecified atom stereocenters. The Hall–Kier alpha value is -2.94. The molecule has 0 heterocycles. The predicted octanol–water partition coefficient (Wildman–Crippen LogP) is 6.28. The third-order valence-corrected chi connectivity index (χ3v) is 12.4. The fraction of sp³-hybridized carbons (Fsp3) is 0.737. The Kier molecular flexibility index (Phi) is 11.5. The molecule has 0 aromatic rings. The molecule has 4 saturated carbocycles. The van der Waals surface area contributed by atoms with Crippen LogP contribution in [0, 0.1) is 46.3 Å². The van der Waals surface area contributed by atoms with Crippen LogP contribution in [0.2, 0.25) is 0 Å². The molecule has 262 valence electrons. The number of aliphatic hydroxyl groups excluding tert-OH is 1. The van der Waals surface area contributed by atoms with Gasteiger partial charge in [-0.25, -0.2) is 14.4 Å². The molecule has 1 N–H and O–H groups in total. The van der Waals surface area contributed by atoms with E-state index in [0.29, 0.717) is 42.4 Å². The Labute approximate surface area is 280 Å². The summed E-state index contributed by atoms with van der Waals surface area (Å²) in [5, 5.41) is 11.9. The van der Waals surface area contributed by atoms with Gasteiger partial charge in [-0.1, -0.05) is 40.5 Å². The zero-order valence-corrected chi connectivity index (χ0v) is 29.3. The fourth-order valence-electron chi connectivity index (χ4n) is 9.88. The molecule has 0 spiro atoms. The van der Waals surface area contributed by atoms with Gasteiger partial charge >= 0.3 is 23.9 Å². The van der Waals surface area contributed by atoms with E-state index in [0.717, 1.165) is 25.7 Å². The first-order valence-electron chi connectivity index (χ1n) is 17.4. The van der Waals surface area contributed by atoms with Gasteiger partial charge in [0.05, 0.1) is 6.10 Å². The van der Waals surface area contributed by atoms with E-state index in [4.69, 9.17) is 18.9 Å². The highest BCUT2D eigenvalue weighted by molar-refractivity contribution is 5.87. The van der Waals surface area contributed by atoms with Crippen molar-refractivity contribution in [3.05, 3.63) is 36.5 Å². The van der Waals surface area contributed by atoms with Crippen LogP contribution in [0.3, 0.4) is 0 Å². The first kappa shape index (κ1) is 36.9. The second-order valence-electron chi connectivity index (χ2n) is 15.5. The molecular weight excluding hydrogens is 600 g/mol. The molecule has 47 heavy (non-hydrogen) atoms. The van der Waals surface area contributed by atoms with Gasteiger partial charge in [0.2, 0.25) is 0 Å². The van der Waals surface area contributed by atoms with Crippen LogP contribution in [0.15, 0.2) is 36.5 Å². The number of hydrogen-bond donors (Lipinski definition) is 1. The number of ether oxygens (including phenoxy) is 4. The number of carbonyl (C=O) groups excluding carboxylic acids is 4. The number of fused-ring (bicyclic) bond motifs is 5. The average Bonchev–Trinajstić information content (AvgIpc) is 3.36. The molecular formula is C38H56O9. The lowest BCUT2D eigenvalue weighted by Gasteiger charge is -2.64. The number of esters is 4. The first-order valence-corrected chi connectivity index (χ1v) is 17.4. The van der Waals surface area contributed by atoms with Crippen molar-refractivity contribution < 1.29 is 43.2 Å². The molecule has 0 radical (unpaired) electrons. The summed E-state index contributed by atoms with van der Waals surface area (Å²) in [5.41, 5.74) is 0.569. The maximum atomic E-state index is 13.1. The Morgan fingerprint density at radius 1 is 0.809 bits per heavy atom. The quantitative estimate of drug-likeness (QED) is 0.112. The van der Waals surface area contributed by atoms with Crippen LogP contribution in [-0.4, -0.2) is 60.5 Å². The SMILES string of the molecule is C=C(C)C(=O)OCCOC(=O)CC[C@@H](C)[C@H]1CC[C@H]2[C@@H]3[C@H](O)C[C@@H]4C[C@H](OC(=O)C(=C)C)CC[C@]4(C)[C@H]3C[C@H](OC(=O)C(=C)C)[C@]12C. The summed E-state index contributed by atoms with van der Waals surface area (Å²) < 4.78 is 22.4. The smallest absolute Gasteiger partial charge is 0.333 e. The van der Waals surface area contributed by atoms with Gasteiger partial charge in [-0.15, -0.1) is 0 Å². The maximum absolute atomic E-state index is 13.1. The Morgan fingerprint density at radius 2 is 1.43 bits per heavy atom. The van der Waals surface area contributed by atoms with Gasteiger partial charge in [0.1, 0.15) is 25.4 Å². The minimum Gasteiger partial charge on any atom is -0.462 e. The van der Waals surface area contributed by atoms with Crippen molar-refractivity contribution in [2.45, 2.75) is 118 Å². The van der Waals surface area contributed by atoms with Gasteiger partial charge in [0.25, 0.3) is 0 Å². The van der Waals surface area contributed by atoms with E-state index in [1.807, 2.05) is 0 Å². The van der Waals surface area contributed by atoms with E-state index in [1.54, 1.807) is 20.8 Å². The number of carbonyl (C=O) groups is 4. The molecule has 0 aromatic heterocycles. The first-order chi connectivity index (χ1) is 22.0. The standard InChI is InChI=1S/C38H56O9/c1-21(2)34(41)45-17-16-44-32(40)13-10-24(7)27-11-12-28-33-29(20-31(38(27,28)9)47-36(43)23(5)6)37(8)15-14-26(46-35(42)22(3)4)18-25(37)19-30(33)39/h24-31,33,39H,1,3,5,10-20H2,2,4,6-9H3/t24-,25+,26-,27-,28+,29+,30-,31+,33+,37+,38-/m1/s1. The van der Waals surface area contributed by atoms with Crippen molar-refractivity contribution in [1.82, 2.24) is 0 Å². The van der Waals surface area contributed by atoms with Gasteiger partial charge < -0.3 is 24.1 Å². The predicted molar refractivity (Wildman–Crippen MR) is 177 cm³/mol. The molecule has 0 amide bonds. The van der Waals surface area contributed by atoms with Crippen molar-refractivity contribution in [3.8, 4) is 0 Å². The molecule has 9 heteroatoms. The summed E-state index contributed by atoms with van der Waals surface area (Å²) in [5.74, 6) is -0.741. The topological polar surface area (TPSA) is 125 Å². The van der Waals surface area contributed by atoms with E-state index in [9.17, 15) is 24.3 Å². The van der Waals surface area contributed by atoms with Crippen molar-refractivity contribution in [3.63, 3.8) is 0 Å². The zero-order valence-electron chi connectivity index (χ0n) is 29.3. The van der Waals surface area contributed by atoms with Crippen LogP contribution in [0.5, 0.6) is 0 Å². The molecule has 4 aliphatic rings. The van der Waals surface area contributed by atoms with Crippen molar-refractivity contribution in [2.24, 2.45) is 46.3 Å². The van der Waals surface area contributed by atoms with E-state index < -0.39 is 18.0 Å². The lowest BCUT2D eigenvalue weighted by molar-refractivity contribution is -0.217. The number of aliphatic hydroxyl groups is 1. The lowest BCUT2D eigenvalue weighted by atomic mass is 9.43. The summed E-state index contributed by atoms with van der Waals surface area (Å²) in [4.78, 5) is 49.5. The molecule has 0 aliphatic heterocycles. The Morgan fingerprint density at radius 3 is 2.06 bits per heavy atom. The maximum Gasteiger partial charge on any atom is 0.333 e. The Balaban J connectivity index is 1.50. The van der Waals surface area contributed by atoms with Gasteiger partial charge in [-0.05, 0) is 113 Å². The molecule has 0 aromatic carbocycles. The van der Waals surface area contributed by atoms with Crippen molar-refractivity contribution in [2.75, 3.05) is 13.2 Å². The summed E-state index contributed by atoms with van der Waals surface area (Å²) >= 11 is 0. The van der Waals surface area contributed by atoms with Gasteiger partial charge in [-0.3, -0.25) is 4.79 Å². The monoisotopic (exact) mass is 656 g/mol. The molecule has 0 bridgehead atoms. The Bertz CT molecular complexity index is 1270. The number of hydrogen-bond acceptors (Lipinski definition) is 9. The fourth-order valence-corrected chi connectivity index (χ4v) is 9.88. The highest BCUT2D eigenvalue weighted by Crippen LogP contribution is 2.69. The summed E-state index contributed by atoms with van der Waals surface area (Å²) in [7, 11) is 0. The van der Waals surface area contributed by atoms with E-state index >= 15 is 0 Å². The van der Waals surface area contributed by atoms with Gasteiger partial charge in [0.15, 0.2) is 0 Å². The number of rotatable bonds is 12. The van der Waals surface area contributed by atoms with E-state index in [1.165, 1.54) is 0 Å². The summed E-state index contributed by atoms with van der Waals surface area (Å²) in [6.45, 7) is 22.7. The van der Waals surface area contributed by atoms with Crippen molar-refractivity contribution in [1.29, 1.82) is 0 Å². The molecule has 4 aliphatic carbocycles. The molecule has 0 saturated heterocycles. The van der Waals surface area contributed by atoms with Crippen LogP contribution in [0.25, 0.3) is 0 Å². The van der Waals surface area contributed by atoms with Crippen LogP contribution in [-0.2, 0) is 38.1 Å². The third kappa shape index (κ3) is 7.55. The van der Waals surface area contributed by atoms with Gasteiger partial charge in [-0.2, -0.15) is 0 Å². The highest BCUT2D eigenvalue weighted by Gasteiger charge is 2.67. The van der Waals surface area contributed by atoms with Crippen LogP contribution >= 0.6 is 0 Å². The molecule has 9 nitrogen and oxygen atoms in total. The molecule has 11 atom stereocenters. The van der Waals surface area contributed by atoms with Crippen molar-refractivity contribution >= 4 is 23.9 Å². The van der Waals surface area contributed by atoms with Crippen LogP contribution in [0.4, 0.5) is 0 Å². The van der Waals surface area contributed by atoms with Gasteiger partial charge in [0, 0.05) is 28.6 Å². The van der Waals surface area contributed by atoms with Crippen LogP contribution < -0.4 is 0 Å². The largest absolute Gasteiger partial charge is 0.462 e. The molecule has 4 fully saturated rings. The normalized spacial score (nSPS) is 36.4. The minimum absolute atomic E-state index is 0.00776. The van der Waals surface area contributed by atoms with Crippen LogP contribution in [0.1, 0.15) is 99.3 Å². The lowest BCUT2D eigenvalue weighted by Crippen LogP contribution is -2.63. The average molecular weight is 657 g/mol. The second-order valence-corrected chi connectivity index (χ2v) is 15.5. The highest BCUT2D eigenvalue weighted by atomic mass is 16.6. The second kappa shape index (κ2) is 14.7.